The van der Waals surface area contributed by atoms with Gasteiger partial charge in [-0.05, 0) is 35.9 Å². The molecule has 0 N–H and O–H groups in total. The Morgan fingerprint density at radius 2 is 2.17 bits per heavy atom. The van der Waals surface area contributed by atoms with Gasteiger partial charge in [0.15, 0.2) is 5.65 Å². The minimum atomic E-state index is 0.174. The Morgan fingerprint density at radius 1 is 1.26 bits per heavy atom. The predicted molar refractivity (Wildman–Crippen MR) is 87.8 cm³/mol. The molecule has 1 aliphatic rings. The SMILES string of the molecule is COc1ccc2c(c1)OCCN2c1nc(Cl)nc2ncccc12. The molecule has 0 amide bonds. The summed E-state index contributed by atoms with van der Waals surface area (Å²) in [5, 5.41) is 1.02. The van der Waals surface area contributed by atoms with Gasteiger partial charge in [-0.2, -0.15) is 9.97 Å². The maximum Gasteiger partial charge on any atom is 0.226 e. The third-order valence-corrected chi connectivity index (χ3v) is 3.88. The zero-order chi connectivity index (χ0) is 15.8. The van der Waals surface area contributed by atoms with Crippen molar-refractivity contribution in [1.82, 2.24) is 15.0 Å². The second-order valence-corrected chi connectivity index (χ2v) is 5.36. The van der Waals surface area contributed by atoms with Crippen molar-refractivity contribution in [3.8, 4) is 11.5 Å². The van der Waals surface area contributed by atoms with Gasteiger partial charge in [-0.15, -0.1) is 0 Å². The molecule has 0 radical (unpaired) electrons. The lowest BCUT2D eigenvalue weighted by molar-refractivity contribution is 0.311. The average Bonchev–Trinajstić information content (AvgIpc) is 2.60. The van der Waals surface area contributed by atoms with Crippen LogP contribution in [0.5, 0.6) is 11.5 Å². The van der Waals surface area contributed by atoms with E-state index in [9.17, 15) is 0 Å². The summed E-state index contributed by atoms with van der Waals surface area (Å²) in [5.41, 5.74) is 1.49. The van der Waals surface area contributed by atoms with E-state index < -0.39 is 0 Å². The molecular weight excluding hydrogens is 316 g/mol. The first-order chi connectivity index (χ1) is 11.3. The Morgan fingerprint density at radius 3 is 3.04 bits per heavy atom. The number of benzene rings is 1. The Labute approximate surface area is 137 Å². The summed E-state index contributed by atoms with van der Waals surface area (Å²) in [6, 6.07) is 9.51. The number of nitrogens with zero attached hydrogens (tertiary/aromatic N) is 4. The highest BCUT2D eigenvalue weighted by atomic mass is 35.5. The normalized spacial score (nSPS) is 13.6. The molecule has 4 rings (SSSR count). The molecule has 0 atom stereocenters. The average molecular weight is 329 g/mol. The molecule has 6 nitrogen and oxygen atoms in total. The summed E-state index contributed by atoms with van der Waals surface area (Å²) in [7, 11) is 1.63. The van der Waals surface area contributed by atoms with Crippen molar-refractivity contribution in [2.24, 2.45) is 0 Å². The number of rotatable bonds is 2. The van der Waals surface area contributed by atoms with Crippen LogP contribution in [0.1, 0.15) is 0 Å². The standard InChI is InChI=1S/C16H13ClN4O2/c1-22-10-4-5-12-13(9-10)23-8-7-21(12)15-11-3-2-6-18-14(11)19-16(17)20-15/h2-6,9H,7-8H2,1H3. The monoisotopic (exact) mass is 328 g/mol. The molecule has 116 valence electrons. The molecule has 0 fully saturated rings. The number of pyridine rings is 1. The molecule has 3 heterocycles. The van der Waals surface area contributed by atoms with Crippen molar-refractivity contribution in [3.63, 3.8) is 0 Å². The van der Waals surface area contributed by atoms with Gasteiger partial charge in [0.1, 0.15) is 23.9 Å². The van der Waals surface area contributed by atoms with E-state index in [0.29, 0.717) is 18.8 Å². The quantitative estimate of drug-likeness (QED) is 0.673. The van der Waals surface area contributed by atoms with Crippen molar-refractivity contribution in [2.45, 2.75) is 0 Å². The van der Waals surface area contributed by atoms with E-state index in [1.165, 1.54) is 0 Å². The Bertz CT molecular complexity index is 887. The van der Waals surface area contributed by atoms with Gasteiger partial charge in [-0.25, -0.2) is 4.98 Å². The molecule has 2 aromatic heterocycles. The van der Waals surface area contributed by atoms with Crippen LogP contribution in [0.2, 0.25) is 5.28 Å². The van der Waals surface area contributed by atoms with Crippen molar-refractivity contribution in [2.75, 3.05) is 25.2 Å². The molecule has 23 heavy (non-hydrogen) atoms. The molecule has 1 aliphatic heterocycles. The number of aromatic nitrogens is 3. The van der Waals surface area contributed by atoms with Gasteiger partial charge < -0.3 is 14.4 Å². The van der Waals surface area contributed by atoms with Gasteiger partial charge in [0.05, 0.1) is 24.7 Å². The van der Waals surface area contributed by atoms with Crippen molar-refractivity contribution in [1.29, 1.82) is 0 Å². The molecule has 0 saturated carbocycles. The first kappa shape index (κ1) is 14.0. The second-order valence-electron chi connectivity index (χ2n) is 5.02. The van der Waals surface area contributed by atoms with E-state index in [2.05, 4.69) is 19.9 Å². The lowest BCUT2D eigenvalue weighted by Gasteiger charge is -2.31. The topological polar surface area (TPSA) is 60.4 Å². The molecular formula is C16H13ClN4O2. The lowest BCUT2D eigenvalue weighted by atomic mass is 10.2. The number of anilines is 2. The van der Waals surface area contributed by atoms with Gasteiger partial charge >= 0.3 is 0 Å². The number of halogens is 1. The minimum Gasteiger partial charge on any atom is -0.497 e. The fourth-order valence-electron chi connectivity index (χ4n) is 2.67. The first-order valence-electron chi connectivity index (χ1n) is 7.13. The number of hydrogen-bond acceptors (Lipinski definition) is 6. The lowest BCUT2D eigenvalue weighted by Crippen LogP contribution is -2.29. The van der Waals surface area contributed by atoms with Crippen LogP contribution in [-0.4, -0.2) is 35.2 Å². The molecule has 7 heteroatoms. The summed E-state index contributed by atoms with van der Waals surface area (Å²) < 4.78 is 11.0. The number of fused-ring (bicyclic) bond motifs is 2. The predicted octanol–water partition coefficient (Wildman–Crippen LogP) is 3.22. The van der Waals surface area contributed by atoms with E-state index >= 15 is 0 Å². The van der Waals surface area contributed by atoms with Crippen LogP contribution in [0.3, 0.4) is 0 Å². The number of ether oxygens (including phenoxy) is 2. The molecule has 0 unspecified atom stereocenters. The van der Waals surface area contributed by atoms with Crippen LogP contribution in [0, 0.1) is 0 Å². The highest BCUT2D eigenvalue weighted by Gasteiger charge is 2.23. The summed E-state index contributed by atoms with van der Waals surface area (Å²) in [6.45, 7) is 1.21. The minimum absolute atomic E-state index is 0.174. The molecule has 3 aromatic rings. The van der Waals surface area contributed by atoms with Crippen LogP contribution in [0.15, 0.2) is 36.5 Å². The van der Waals surface area contributed by atoms with Crippen molar-refractivity contribution < 1.29 is 9.47 Å². The van der Waals surface area contributed by atoms with Gasteiger partial charge in [0.25, 0.3) is 0 Å². The first-order valence-corrected chi connectivity index (χ1v) is 7.51. The van der Waals surface area contributed by atoms with E-state index in [1.54, 1.807) is 13.3 Å². The number of hydrogen-bond donors (Lipinski definition) is 0. The van der Waals surface area contributed by atoms with Crippen LogP contribution in [0.25, 0.3) is 11.0 Å². The van der Waals surface area contributed by atoms with E-state index in [4.69, 9.17) is 21.1 Å². The zero-order valence-corrected chi connectivity index (χ0v) is 13.1. The smallest absolute Gasteiger partial charge is 0.226 e. The van der Waals surface area contributed by atoms with Crippen LogP contribution < -0.4 is 14.4 Å². The zero-order valence-electron chi connectivity index (χ0n) is 12.4. The molecule has 0 bridgehead atoms. The third kappa shape index (κ3) is 2.41. The maximum absolute atomic E-state index is 6.08. The van der Waals surface area contributed by atoms with Crippen LogP contribution in [0.4, 0.5) is 11.5 Å². The highest BCUT2D eigenvalue weighted by molar-refractivity contribution is 6.28. The Kier molecular flexibility index (Phi) is 3.38. The summed E-state index contributed by atoms with van der Waals surface area (Å²) in [5.74, 6) is 2.23. The summed E-state index contributed by atoms with van der Waals surface area (Å²) >= 11 is 6.08. The fourth-order valence-corrected chi connectivity index (χ4v) is 2.83. The largest absolute Gasteiger partial charge is 0.497 e. The number of methoxy groups -OCH3 is 1. The summed E-state index contributed by atoms with van der Waals surface area (Å²) in [4.78, 5) is 14.9. The van der Waals surface area contributed by atoms with Crippen molar-refractivity contribution in [3.05, 3.63) is 41.8 Å². The molecule has 0 aliphatic carbocycles. The molecule has 1 aromatic carbocycles. The van der Waals surface area contributed by atoms with Crippen LogP contribution in [-0.2, 0) is 0 Å². The van der Waals surface area contributed by atoms with Gasteiger partial charge in [0.2, 0.25) is 5.28 Å². The Hall–Kier alpha value is -2.60. The fraction of sp³-hybridized carbons (Fsp3) is 0.188. The van der Waals surface area contributed by atoms with Gasteiger partial charge in [-0.3, -0.25) is 0 Å². The van der Waals surface area contributed by atoms with E-state index in [1.807, 2.05) is 30.3 Å². The van der Waals surface area contributed by atoms with Crippen molar-refractivity contribution >= 4 is 34.1 Å². The van der Waals surface area contributed by atoms with Crippen LogP contribution >= 0.6 is 11.6 Å². The van der Waals surface area contributed by atoms with E-state index in [0.717, 1.165) is 28.4 Å². The highest BCUT2D eigenvalue weighted by Crippen LogP contribution is 2.40. The van der Waals surface area contributed by atoms with E-state index in [-0.39, 0.29) is 5.28 Å². The Balaban J connectivity index is 1.90. The summed E-state index contributed by atoms with van der Waals surface area (Å²) in [6.07, 6.45) is 1.69. The maximum atomic E-state index is 6.08. The molecule has 0 spiro atoms. The second kappa shape index (κ2) is 5.55. The third-order valence-electron chi connectivity index (χ3n) is 3.71. The van der Waals surface area contributed by atoms with Gasteiger partial charge in [0, 0.05) is 12.3 Å². The molecule has 0 saturated heterocycles. The van der Waals surface area contributed by atoms with Gasteiger partial charge in [-0.1, -0.05) is 0 Å².